The minimum Gasteiger partial charge on any atom is -0.459 e. The number of aromatic nitrogens is 2. The normalized spacial score (nSPS) is 10.6. The first-order valence-corrected chi connectivity index (χ1v) is 7.66. The van der Waals surface area contributed by atoms with Crippen molar-refractivity contribution >= 4 is 23.7 Å². The molecule has 0 bridgehead atoms. The number of nitrogens with zero attached hydrogens (tertiary/aromatic N) is 2. The molecular formula is C15H13N3O3S. The van der Waals surface area contributed by atoms with Crippen LogP contribution in [0.4, 0.5) is 6.01 Å². The lowest BCUT2D eigenvalue weighted by atomic mass is 10.2. The van der Waals surface area contributed by atoms with Gasteiger partial charge in [0.05, 0.1) is 6.26 Å². The third-order valence-electron chi connectivity index (χ3n) is 2.80. The van der Waals surface area contributed by atoms with Crippen molar-refractivity contribution in [3.05, 3.63) is 48.2 Å². The molecule has 0 radical (unpaired) electrons. The van der Waals surface area contributed by atoms with Crippen molar-refractivity contribution in [3.8, 4) is 11.7 Å². The number of carbonyl (C=O) groups is 1. The highest BCUT2D eigenvalue weighted by molar-refractivity contribution is 7.99. The summed E-state index contributed by atoms with van der Waals surface area (Å²) in [5, 5.41) is 10.2. The minimum atomic E-state index is -0.303. The lowest BCUT2D eigenvalue weighted by molar-refractivity contribution is 0.102. The van der Waals surface area contributed by atoms with Gasteiger partial charge in [0.2, 0.25) is 0 Å². The van der Waals surface area contributed by atoms with Gasteiger partial charge in [0.1, 0.15) is 0 Å². The van der Waals surface area contributed by atoms with Crippen molar-refractivity contribution in [3.63, 3.8) is 0 Å². The van der Waals surface area contributed by atoms with E-state index in [-0.39, 0.29) is 17.8 Å². The van der Waals surface area contributed by atoms with E-state index in [1.54, 1.807) is 36.0 Å². The van der Waals surface area contributed by atoms with Gasteiger partial charge in [-0.1, -0.05) is 12.0 Å². The molecule has 1 aromatic carbocycles. The Morgan fingerprint density at radius 3 is 2.73 bits per heavy atom. The summed E-state index contributed by atoms with van der Waals surface area (Å²) in [4.78, 5) is 13.2. The number of hydrogen-bond acceptors (Lipinski definition) is 6. The SMILES string of the molecule is CCSc1ccc(C(=O)Nc2nnc(-c3ccco3)o2)cc1. The molecule has 0 fully saturated rings. The topological polar surface area (TPSA) is 81.2 Å². The van der Waals surface area contributed by atoms with Gasteiger partial charge in [-0.05, 0) is 42.2 Å². The number of thioether (sulfide) groups is 1. The molecule has 1 amide bonds. The lowest BCUT2D eigenvalue weighted by Crippen LogP contribution is -2.11. The fourth-order valence-electron chi connectivity index (χ4n) is 1.81. The fraction of sp³-hybridized carbons (Fsp3) is 0.133. The molecule has 0 unspecified atom stereocenters. The first kappa shape index (κ1) is 14.4. The van der Waals surface area contributed by atoms with Crippen molar-refractivity contribution < 1.29 is 13.6 Å². The van der Waals surface area contributed by atoms with Crippen LogP contribution >= 0.6 is 11.8 Å². The van der Waals surface area contributed by atoms with Crippen molar-refractivity contribution in [1.82, 2.24) is 10.2 Å². The highest BCUT2D eigenvalue weighted by atomic mass is 32.2. The number of rotatable bonds is 5. The summed E-state index contributed by atoms with van der Waals surface area (Å²) in [6.07, 6.45) is 1.51. The first-order chi connectivity index (χ1) is 10.8. The Labute approximate surface area is 130 Å². The summed E-state index contributed by atoms with van der Waals surface area (Å²) in [5.41, 5.74) is 0.526. The molecule has 2 aromatic heterocycles. The van der Waals surface area contributed by atoms with Gasteiger partial charge in [-0.2, -0.15) is 0 Å². The Bertz CT molecular complexity index is 751. The number of benzene rings is 1. The molecule has 2 heterocycles. The zero-order valence-corrected chi connectivity index (χ0v) is 12.6. The highest BCUT2D eigenvalue weighted by Gasteiger charge is 2.14. The Morgan fingerprint density at radius 2 is 2.05 bits per heavy atom. The van der Waals surface area contributed by atoms with Gasteiger partial charge in [0.15, 0.2) is 5.76 Å². The van der Waals surface area contributed by atoms with E-state index in [4.69, 9.17) is 8.83 Å². The number of carbonyl (C=O) groups excluding carboxylic acids is 1. The van der Waals surface area contributed by atoms with E-state index in [2.05, 4.69) is 22.4 Å². The average Bonchev–Trinajstić information content (AvgIpc) is 3.19. The summed E-state index contributed by atoms with van der Waals surface area (Å²) in [6.45, 7) is 2.08. The Morgan fingerprint density at radius 1 is 1.23 bits per heavy atom. The van der Waals surface area contributed by atoms with Crippen LogP contribution in [0.5, 0.6) is 0 Å². The molecule has 22 heavy (non-hydrogen) atoms. The molecule has 6 nitrogen and oxygen atoms in total. The fourth-order valence-corrected chi connectivity index (χ4v) is 2.47. The van der Waals surface area contributed by atoms with Crippen LogP contribution in [0.25, 0.3) is 11.7 Å². The number of nitrogens with one attached hydrogen (secondary N) is 1. The lowest BCUT2D eigenvalue weighted by Gasteiger charge is -2.02. The zero-order chi connectivity index (χ0) is 15.4. The number of anilines is 1. The van der Waals surface area contributed by atoms with Crippen molar-refractivity contribution in [2.45, 2.75) is 11.8 Å². The minimum absolute atomic E-state index is 0.0309. The summed E-state index contributed by atoms with van der Waals surface area (Å²) in [5.74, 6) is 1.36. The number of hydrogen-bond donors (Lipinski definition) is 1. The van der Waals surface area contributed by atoms with Crippen LogP contribution in [-0.2, 0) is 0 Å². The van der Waals surface area contributed by atoms with E-state index in [0.717, 1.165) is 10.6 Å². The summed E-state index contributed by atoms with van der Waals surface area (Å²) in [7, 11) is 0. The van der Waals surface area contributed by atoms with Crippen LogP contribution in [0, 0.1) is 0 Å². The molecule has 3 rings (SSSR count). The van der Waals surface area contributed by atoms with E-state index in [0.29, 0.717) is 11.3 Å². The maximum atomic E-state index is 12.1. The van der Waals surface area contributed by atoms with E-state index in [1.165, 1.54) is 6.26 Å². The van der Waals surface area contributed by atoms with Crippen LogP contribution in [0.3, 0.4) is 0 Å². The van der Waals surface area contributed by atoms with Gasteiger partial charge < -0.3 is 8.83 Å². The Kier molecular flexibility index (Phi) is 4.24. The number of furan rings is 1. The third kappa shape index (κ3) is 3.20. The van der Waals surface area contributed by atoms with Crippen LogP contribution in [0.15, 0.2) is 56.4 Å². The quantitative estimate of drug-likeness (QED) is 0.723. The smallest absolute Gasteiger partial charge is 0.322 e. The van der Waals surface area contributed by atoms with E-state index in [9.17, 15) is 4.79 Å². The molecule has 0 saturated carbocycles. The predicted molar refractivity (Wildman–Crippen MR) is 82.8 cm³/mol. The van der Waals surface area contributed by atoms with E-state index in [1.807, 2.05) is 12.1 Å². The molecule has 7 heteroatoms. The van der Waals surface area contributed by atoms with Crippen LogP contribution < -0.4 is 5.32 Å². The highest BCUT2D eigenvalue weighted by Crippen LogP contribution is 2.21. The molecule has 1 N–H and O–H groups in total. The van der Waals surface area contributed by atoms with Crippen LogP contribution in [0.2, 0.25) is 0 Å². The molecule has 3 aromatic rings. The molecule has 0 aliphatic rings. The van der Waals surface area contributed by atoms with Gasteiger partial charge in [-0.3, -0.25) is 10.1 Å². The second kappa shape index (κ2) is 6.48. The van der Waals surface area contributed by atoms with Crippen molar-refractivity contribution in [2.75, 3.05) is 11.1 Å². The van der Waals surface area contributed by atoms with Crippen LogP contribution in [-0.4, -0.2) is 21.9 Å². The largest absolute Gasteiger partial charge is 0.459 e. The second-order valence-electron chi connectivity index (χ2n) is 4.30. The Balaban J connectivity index is 1.69. The van der Waals surface area contributed by atoms with Gasteiger partial charge in [-0.25, -0.2) is 0 Å². The maximum absolute atomic E-state index is 12.1. The Hall–Kier alpha value is -2.54. The van der Waals surface area contributed by atoms with E-state index >= 15 is 0 Å². The van der Waals surface area contributed by atoms with Gasteiger partial charge in [-0.15, -0.1) is 16.9 Å². The summed E-state index contributed by atoms with van der Waals surface area (Å²) >= 11 is 1.72. The molecule has 0 aliphatic heterocycles. The van der Waals surface area contributed by atoms with E-state index < -0.39 is 0 Å². The predicted octanol–water partition coefficient (Wildman–Crippen LogP) is 3.69. The van der Waals surface area contributed by atoms with Gasteiger partial charge in [0, 0.05) is 10.5 Å². The zero-order valence-electron chi connectivity index (χ0n) is 11.8. The summed E-state index contributed by atoms with van der Waals surface area (Å²) < 4.78 is 10.5. The molecule has 0 aliphatic carbocycles. The molecule has 112 valence electrons. The molecular weight excluding hydrogens is 302 g/mol. The molecule has 0 saturated heterocycles. The maximum Gasteiger partial charge on any atom is 0.322 e. The molecule has 0 atom stereocenters. The van der Waals surface area contributed by atoms with Crippen LogP contribution in [0.1, 0.15) is 17.3 Å². The first-order valence-electron chi connectivity index (χ1n) is 6.68. The third-order valence-corrected chi connectivity index (χ3v) is 3.70. The molecule has 0 spiro atoms. The van der Waals surface area contributed by atoms with Crippen molar-refractivity contribution in [1.29, 1.82) is 0 Å². The standard InChI is InChI=1S/C15H13N3O3S/c1-2-22-11-7-5-10(6-8-11)13(19)16-15-18-17-14(21-15)12-4-3-9-20-12/h3-9H,2H2,1H3,(H,16,18,19). The van der Waals surface area contributed by atoms with Crippen molar-refractivity contribution in [2.24, 2.45) is 0 Å². The second-order valence-corrected chi connectivity index (χ2v) is 5.64. The van der Waals surface area contributed by atoms with Gasteiger partial charge >= 0.3 is 6.01 Å². The monoisotopic (exact) mass is 315 g/mol. The van der Waals surface area contributed by atoms with Gasteiger partial charge in [0.25, 0.3) is 11.8 Å². The summed E-state index contributed by atoms with van der Waals surface area (Å²) in [6, 6.07) is 10.8. The number of amides is 1. The average molecular weight is 315 g/mol.